The lowest BCUT2D eigenvalue weighted by molar-refractivity contribution is -0.0778. The number of methoxy groups -OCH3 is 1. The second-order valence-corrected chi connectivity index (χ2v) is 3.15. The Kier molecular flexibility index (Phi) is 4.21. The van der Waals surface area contributed by atoms with Crippen LogP contribution in [0.5, 0.6) is 0 Å². The van der Waals surface area contributed by atoms with Crippen molar-refractivity contribution in [3.8, 4) is 0 Å². The van der Waals surface area contributed by atoms with Crippen LogP contribution in [0.25, 0.3) is 0 Å². The summed E-state index contributed by atoms with van der Waals surface area (Å²) in [5.74, 6) is -1.69. The van der Waals surface area contributed by atoms with E-state index in [4.69, 9.17) is 10.2 Å². The van der Waals surface area contributed by atoms with Gasteiger partial charge in [0.1, 0.15) is 0 Å². The summed E-state index contributed by atoms with van der Waals surface area (Å²) in [6.45, 7) is 0. The Bertz CT molecular complexity index is 422. The number of rotatable bonds is 5. The van der Waals surface area contributed by atoms with Crippen molar-refractivity contribution in [3.63, 3.8) is 0 Å². The summed E-state index contributed by atoms with van der Waals surface area (Å²) in [4.78, 5) is 21.8. The van der Waals surface area contributed by atoms with E-state index in [0.717, 1.165) is 0 Å². The highest BCUT2D eigenvalue weighted by Crippen LogP contribution is 2.04. The fourth-order valence-corrected chi connectivity index (χ4v) is 1.14. The summed E-state index contributed by atoms with van der Waals surface area (Å²) < 4.78 is 9.16. The Morgan fingerprint density at radius 3 is 2.75 bits per heavy atom. The number of carboxylic acid groups (broad SMARTS) is 1. The first-order valence-electron chi connectivity index (χ1n) is 4.61. The maximum Gasteiger partial charge on any atom is 0.371 e. The van der Waals surface area contributed by atoms with E-state index >= 15 is 0 Å². The molecule has 16 heavy (non-hydrogen) atoms. The molecule has 0 fully saturated rings. The van der Waals surface area contributed by atoms with Crippen LogP contribution in [0.2, 0.25) is 0 Å². The third-order valence-electron chi connectivity index (χ3n) is 2.04. The maximum absolute atomic E-state index is 11.3. The number of aliphatic hydroxyl groups excluding tert-OH is 1. The summed E-state index contributed by atoms with van der Waals surface area (Å²) in [5.41, 5.74) is -0.399. The molecule has 0 saturated carbocycles. The molecule has 6 nitrogen and oxygen atoms in total. The van der Waals surface area contributed by atoms with Crippen molar-refractivity contribution in [2.45, 2.75) is 19.1 Å². The molecule has 0 amide bonds. The van der Waals surface area contributed by atoms with Gasteiger partial charge in [0.2, 0.25) is 5.76 Å². The lowest BCUT2D eigenvalue weighted by atomic mass is 10.1. The second kappa shape index (κ2) is 5.43. The molecule has 0 aromatic carbocycles. The smallest absolute Gasteiger partial charge is 0.371 e. The molecule has 1 heterocycles. The first kappa shape index (κ1) is 12.4. The fraction of sp³-hybridized carbons (Fsp3) is 0.400. The normalized spacial score (nSPS) is 12.4. The number of aromatic carboxylic acids is 1. The minimum Gasteiger partial charge on any atom is -0.475 e. The Morgan fingerprint density at radius 2 is 2.25 bits per heavy atom. The molecule has 1 rings (SSSR count). The number of carboxylic acids is 1. The highest BCUT2D eigenvalue weighted by Gasteiger charge is 2.10. The van der Waals surface area contributed by atoms with Crippen molar-refractivity contribution >= 4 is 5.97 Å². The number of ether oxygens (including phenoxy) is 1. The van der Waals surface area contributed by atoms with Crippen molar-refractivity contribution in [2.75, 3.05) is 7.11 Å². The Hall–Kier alpha value is -1.66. The summed E-state index contributed by atoms with van der Waals surface area (Å²) in [6.07, 6.45) is -0.441. The third kappa shape index (κ3) is 3.18. The van der Waals surface area contributed by atoms with Gasteiger partial charge in [-0.2, -0.15) is 0 Å². The van der Waals surface area contributed by atoms with Gasteiger partial charge in [-0.1, -0.05) is 0 Å². The number of aliphatic hydroxyl groups is 1. The van der Waals surface area contributed by atoms with Gasteiger partial charge in [0, 0.05) is 19.1 Å². The van der Waals surface area contributed by atoms with Gasteiger partial charge in [-0.3, -0.25) is 0 Å². The number of carbonyl (C=O) groups is 1. The Labute approximate surface area is 91.1 Å². The lowest BCUT2D eigenvalue weighted by Gasteiger charge is -2.06. The third-order valence-corrected chi connectivity index (χ3v) is 2.04. The van der Waals surface area contributed by atoms with E-state index in [2.05, 4.69) is 9.15 Å². The molecule has 88 valence electrons. The molecule has 0 spiro atoms. The van der Waals surface area contributed by atoms with Crippen LogP contribution in [-0.4, -0.2) is 29.6 Å². The molecule has 0 aliphatic rings. The van der Waals surface area contributed by atoms with Crippen molar-refractivity contribution in [2.24, 2.45) is 0 Å². The summed E-state index contributed by atoms with van der Waals surface area (Å²) in [5, 5.41) is 17.7. The highest BCUT2D eigenvalue weighted by molar-refractivity contribution is 5.84. The van der Waals surface area contributed by atoms with Crippen LogP contribution in [0.1, 0.15) is 22.5 Å². The van der Waals surface area contributed by atoms with Gasteiger partial charge in [-0.05, 0) is 18.6 Å². The first-order valence-corrected chi connectivity index (χ1v) is 4.61. The molecule has 2 N–H and O–H groups in total. The minimum absolute atomic E-state index is 0.244. The maximum atomic E-state index is 11.3. The van der Waals surface area contributed by atoms with Crippen LogP contribution in [0.15, 0.2) is 21.3 Å². The zero-order valence-electron chi connectivity index (χ0n) is 8.67. The molecule has 6 heteroatoms. The van der Waals surface area contributed by atoms with Crippen molar-refractivity contribution in [1.82, 2.24) is 0 Å². The van der Waals surface area contributed by atoms with E-state index in [9.17, 15) is 9.59 Å². The van der Waals surface area contributed by atoms with Gasteiger partial charge in [-0.25, -0.2) is 9.59 Å². The molecular formula is C10H12O6. The van der Waals surface area contributed by atoms with E-state index in [-0.39, 0.29) is 12.8 Å². The highest BCUT2D eigenvalue weighted by atomic mass is 16.6. The standard InChI is InChI=1S/C10H12O6/c1-15-8(11)5-3-6-2-4-7(9(12)13)16-10(6)14/h2,4,8,11H,3,5H2,1H3,(H,12,13). The molecule has 1 atom stereocenters. The van der Waals surface area contributed by atoms with Crippen molar-refractivity contribution in [1.29, 1.82) is 0 Å². The summed E-state index contributed by atoms with van der Waals surface area (Å²) in [6, 6.07) is 2.58. The molecule has 0 saturated heterocycles. The van der Waals surface area contributed by atoms with Crippen molar-refractivity contribution in [3.05, 3.63) is 33.9 Å². The summed E-state index contributed by atoms with van der Waals surface area (Å²) in [7, 11) is 1.35. The molecule has 1 aromatic rings. The lowest BCUT2D eigenvalue weighted by Crippen LogP contribution is -2.15. The average molecular weight is 228 g/mol. The van der Waals surface area contributed by atoms with Gasteiger partial charge < -0.3 is 19.4 Å². The van der Waals surface area contributed by atoms with Gasteiger partial charge in [0.15, 0.2) is 6.29 Å². The molecule has 0 bridgehead atoms. The Morgan fingerprint density at radius 1 is 1.56 bits per heavy atom. The zero-order valence-corrected chi connectivity index (χ0v) is 8.67. The van der Waals surface area contributed by atoms with E-state index in [1.165, 1.54) is 19.2 Å². The van der Waals surface area contributed by atoms with E-state index in [0.29, 0.717) is 5.56 Å². The van der Waals surface area contributed by atoms with Gasteiger partial charge in [0.05, 0.1) is 0 Å². The molecule has 1 unspecified atom stereocenters. The first-order chi connectivity index (χ1) is 7.54. The predicted molar refractivity (Wildman–Crippen MR) is 53.3 cm³/mol. The van der Waals surface area contributed by atoms with Crippen LogP contribution >= 0.6 is 0 Å². The molecule has 1 aromatic heterocycles. The van der Waals surface area contributed by atoms with Crippen molar-refractivity contribution < 1.29 is 24.2 Å². The molecular weight excluding hydrogens is 216 g/mol. The fourth-order valence-electron chi connectivity index (χ4n) is 1.14. The van der Waals surface area contributed by atoms with E-state index in [1.807, 2.05) is 0 Å². The molecule has 0 aliphatic heterocycles. The topological polar surface area (TPSA) is 97.0 Å². The number of hydrogen-bond donors (Lipinski definition) is 2. The van der Waals surface area contributed by atoms with E-state index < -0.39 is 23.6 Å². The van der Waals surface area contributed by atoms with Crippen LogP contribution < -0.4 is 5.63 Å². The van der Waals surface area contributed by atoms with Gasteiger partial charge in [0.25, 0.3) is 0 Å². The van der Waals surface area contributed by atoms with Crippen LogP contribution in [-0.2, 0) is 11.2 Å². The van der Waals surface area contributed by atoms with Crippen LogP contribution in [0.4, 0.5) is 0 Å². The zero-order chi connectivity index (χ0) is 12.1. The number of aryl methyl sites for hydroxylation is 1. The van der Waals surface area contributed by atoms with Crippen LogP contribution in [0, 0.1) is 0 Å². The number of hydrogen-bond acceptors (Lipinski definition) is 5. The predicted octanol–water partition coefficient (Wildman–Crippen LogP) is 0.235. The minimum atomic E-state index is -1.29. The van der Waals surface area contributed by atoms with Crippen LogP contribution in [0.3, 0.4) is 0 Å². The largest absolute Gasteiger partial charge is 0.475 e. The summed E-state index contributed by atoms with van der Waals surface area (Å²) >= 11 is 0. The van der Waals surface area contributed by atoms with Gasteiger partial charge >= 0.3 is 11.6 Å². The quantitative estimate of drug-likeness (QED) is 0.700. The van der Waals surface area contributed by atoms with E-state index in [1.54, 1.807) is 0 Å². The average Bonchev–Trinajstić information content (AvgIpc) is 2.26. The molecule has 0 aliphatic carbocycles. The monoisotopic (exact) mass is 228 g/mol. The molecule has 0 radical (unpaired) electrons. The SMILES string of the molecule is COC(O)CCc1ccc(C(=O)O)oc1=O. The Balaban J connectivity index is 2.76. The van der Waals surface area contributed by atoms with Gasteiger partial charge in [-0.15, -0.1) is 0 Å². The second-order valence-electron chi connectivity index (χ2n) is 3.15.